The van der Waals surface area contributed by atoms with Crippen LogP contribution in [-0.2, 0) is 9.63 Å². The molecule has 1 aromatic heterocycles. The van der Waals surface area contributed by atoms with Crippen molar-refractivity contribution >= 4 is 46.2 Å². The van der Waals surface area contributed by atoms with Crippen LogP contribution in [0.15, 0.2) is 55.4 Å². The molecule has 5 rings (SSSR count). The fourth-order valence-electron chi connectivity index (χ4n) is 4.93. The standard InChI is InChI=1S/C28H30ClFN6O4/c1-3-28(38)34-21-13-22(25(39-2)14-24(21)35-7-4-20(37)5-8-35)33-26-15-27(32-16-31-26)36-23(6-9-40-36)17-10-18(29)12-19(30)11-17/h3,10-16,20,23,37H,1,4-9H2,2H3,(H,34,38)(H,31,32,33)/t23-/m1/s1. The van der Waals surface area contributed by atoms with Crippen molar-refractivity contribution in [2.24, 2.45) is 0 Å². The number of hydroxylamine groups is 1. The minimum absolute atomic E-state index is 0.284. The Bertz CT molecular complexity index is 1380. The van der Waals surface area contributed by atoms with Crippen molar-refractivity contribution in [1.29, 1.82) is 0 Å². The molecule has 0 bridgehead atoms. The van der Waals surface area contributed by atoms with Crippen LogP contribution in [0.2, 0.25) is 5.02 Å². The Labute approximate surface area is 236 Å². The fourth-order valence-corrected chi connectivity index (χ4v) is 5.16. The largest absolute Gasteiger partial charge is 0.494 e. The van der Waals surface area contributed by atoms with E-state index in [1.807, 2.05) is 6.07 Å². The molecule has 0 spiro atoms. The van der Waals surface area contributed by atoms with Crippen LogP contribution in [0, 0.1) is 5.82 Å². The molecule has 10 nitrogen and oxygen atoms in total. The molecule has 12 heteroatoms. The maximum absolute atomic E-state index is 14.1. The smallest absolute Gasteiger partial charge is 0.247 e. The number of benzene rings is 2. The van der Waals surface area contributed by atoms with E-state index in [1.165, 1.54) is 24.5 Å². The molecule has 3 heterocycles. The van der Waals surface area contributed by atoms with E-state index < -0.39 is 5.82 Å². The summed E-state index contributed by atoms with van der Waals surface area (Å²) in [5.74, 6) is 0.679. The molecule has 3 aromatic rings. The number of aliphatic hydroxyl groups excluding tert-OH is 1. The van der Waals surface area contributed by atoms with Gasteiger partial charge in [-0.15, -0.1) is 0 Å². The number of nitrogens with one attached hydrogen (secondary N) is 2. The third-order valence-electron chi connectivity index (χ3n) is 6.88. The monoisotopic (exact) mass is 568 g/mol. The maximum Gasteiger partial charge on any atom is 0.247 e. The number of carbonyl (C=O) groups excluding carboxylic acids is 1. The highest BCUT2D eigenvalue weighted by Gasteiger charge is 2.30. The molecular formula is C28H30ClFN6O4. The highest BCUT2D eigenvalue weighted by Crippen LogP contribution is 2.40. The molecule has 2 fully saturated rings. The SMILES string of the molecule is C=CC(=O)Nc1cc(Nc2cc(N3OCC[C@@H]3c3cc(F)cc(Cl)c3)ncn2)c(OC)cc1N1CCC(O)CC1. The highest BCUT2D eigenvalue weighted by molar-refractivity contribution is 6.30. The second-order valence-electron chi connectivity index (χ2n) is 9.53. The van der Waals surface area contributed by atoms with Gasteiger partial charge in [-0.1, -0.05) is 18.2 Å². The predicted molar refractivity (Wildman–Crippen MR) is 152 cm³/mol. The number of hydrogen-bond donors (Lipinski definition) is 3. The molecule has 40 heavy (non-hydrogen) atoms. The van der Waals surface area contributed by atoms with E-state index >= 15 is 0 Å². The van der Waals surface area contributed by atoms with Crippen LogP contribution >= 0.6 is 11.6 Å². The average molecular weight is 569 g/mol. The van der Waals surface area contributed by atoms with Crippen LogP contribution < -0.4 is 25.3 Å². The van der Waals surface area contributed by atoms with Gasteiger partial charge in [0.25, 0.3) is 0 Å². The lowest BCUT2D eigenvalue weighted by molar-refractivity contribution is -0.111. The second kappa shape index (κ2) is 12.1. The summed E-state index contributed by atoms with van der Waals surface area (Å²) in [6, 6.07) is 9.45. The molecule has 2 aromatic carbocycles. The molecule has 0 aliphatic carbocycles. The van der Waals surface area contributed by atoms with E-state index in [2.05, 4.69) is 32.1 Å². The second-order valence-corrected chi connectivity index (χ2v) is 9.97. The third kappa shape index (κ3) is 6.11. The quantitative estimate of drug-likeness (QED) is 0.323. The molecule has 2 saturated heterocycles. The summed E-state index contributed by atoms with van der Waals surface area (Å²) in [4.78, 5) is 28.9. The first-order valence-electron chi connectivity index (χ1n) is 12.9. The molecule has 1 amide bonds. The molecular weight excluding hydrogens is 539 g/mol. The molecule has 0 unspecified atom stereocenters. The molecule has 210 valence electrons. The number of piperidine rings is 1. The summed E-state index contributed by atoms with van der Waals surface area (Å²) in [5, 5.41) is 18.0. The Morgan fingerprint density at radius 2 is 1.98 bits per heavy atom. The third-order valence-corrected chi connectivity index (χ3v) is 7.10. The summed E-state index contributed by atoms with van der Waals surface area (Å²) < 4.78 is 19.7. The number of amides is 1. The summed E-state index contributed by atoms with van der Waals surface area (Å²) in [6.07, 6.45) is 4.15. The first-order valence-corrected chi connectivity index (χ1v) is 13.3. The Kier molecular flexibility index (Phi) is 8.34. The van der Waals surface area contributed by atoms with Gasteiger partial charge in [0.1, 0.15) is 23.7 Å². The summed E-state index contributed by atoms with van der Waals surface area (Å²) >= 11 is 6.09. The number of halogens is 2. The first kappa shape index (κ1) is 27.6. The van der Waals surface area contributed by atoms with Gasteiger partial charge in [0, 0.05) is 36.7 Å². The van der Waals surface area contributed by atoms with Crippen molar-refractivity contribution in [2.45, 2.75) is 31.4 Å². The predicted octanol–water partition coefficient (Wildman–Crippen LogP) is 4.99. The van der Waals surface area contributed by atoms with Gasteiger partial charge in [-0.3, -0.25) is 9.63 Å². The summed E-state index contributed by atoms with van der Waals surface area (Å²) in [5.41, 5.74) is 2.57. The van der Waals surface area contributed by atoms with Gasteiger partial charge in [-0.2, -0.15) is 0 Å². The minimum Gasteiger partial charge on any atom is -0.494 e. The lowest BCUT2D eigenvalue weighted by atomic mass is 10.0. The number of anilines is 5. The van der Waals surface area contributed by atoms with Crippen LogP contribution in [0.25, 0.3) is 0 Å². The van der Waals surface area contributed by atoms with E-state index in [-0.39, 0.29) is 18.1 Å². The van der Waals surface area contributed by atoms with E-state index in [1.54, 1.807) is 30.4 Å². The van der Waals surface area contributed by atoms with E-state index in [0.29, 0.717) is 78.3 Å². The topological polar surface area (TPSA) is 112 Å². The number of nitrogens with zero attached hydrogens (tertiary/aromatic N) is 4. The zero-order valence-corrected chi connectivity index (χ0v) is 22.7. The van der Waals surface area contributed by atoms with Crippen LogP contribution in [0.1, 0.15) is 30.9 Å². The zero-order valence-electron chi connectivity index (χ0n) is 21.9. The molecule has 0 saturated carbocycles. The van der Waals surface area contributed by atoms with Gasteiger partial charge in [0.2, 0.25) is 5.91 Å². The van der Waals surface area contributed by atoms with Gasteiger partial charge >= 0.3 is 0 Å². The fraction of sp³-hybridized carbons (Fsp3) is 0.321. The van der Waals surface area contributed by atoms with E-state index in [4.69, 9.17) is 21.2 Å². The van der Waals surface area contributed by atoms with Crippen LogP contribution in [0.3, 0.4) is 0 Å². The number of ether oxygens (including phenoxy) is 1. The van der Waals surface area contributed by atoms with Crippen LogP contribution in [-0.4, -0.2) is 53.9 Å². The molecule has 0 radical (unpaired) electrons. The lowest BCUT2D eigenvalue weighted by Crippen LogP contribution is -2.36. The van der Waals surface area contributed by atoms with Crippen molar-refractivity contribution in [3.63, 3.8) is 0 Å². The van der Waals surface area contributed by atoms with Crippen molar-refractivity contribution in [3.05, 3.63) is 71.8 Å². The van der Waals surface area contributed by atoms with E-state index in [9.17, 15) is 14.3 Å². The summed E-state index contributed by atoms with van der Waals surface area (Å²) in [6.45, 7) is 5.26. The molecule has 2 aliphatic rings. The van der Waals surface area contributed by atoms with Crippen molar-refractivity contribution < 1.29 is 23.9 Å². The number of aliphatic hydroxyl groups is 1. The van der Waals surface area contributed by atoms with Crippen molar-refractivity contribution in [2.75, 3.05) is 47.4 Å². The number of hydrogen-bond acceptors (Lipinski definition) is 9. The van der Waals surface area contributed by atoms with Gasteiger partial charge in [-0.25, -0.2) is 19.4 Å². The van der Waals surface area contributed by atoms with Crippen molar-refractivity contribution in [1.82, 2.24) is 9.97 Å². The lowest BCUT2D eigenvalue weighted by Gasteiger charge is -2.33. The van der Waals surface area contributed by atoms with E-state index in [0.717, 1.165) is 5.69 Å². The molecule has 1 atom stereocenters. The Morgan fingerprint density at radius 1 is 1.18 bits per heavy atom. The highest BCUT2D eigenvalue weighted by atomic mass is 35.5. The van der Waals surface area contributed by atoms with Crippen LogP contribution in [0.4, 0.5) is 33.1 Å². The number of aromatic nitrogens is 2. The van der Waals surface area contributed by atoms with Crippen molar-refractivity contribution in [3.8, 4) is 5.75 Å². The van der Waals surface area contributed by atoms with Gasteiger partial charge in [0.05, 0.1) is 42.9 Å². The molecule has 3 N–H and O–H groups in total. The molecule has 2 aliphatic heterocycles. The number of rotatable bonds is 8. The first-order chi connectivity index (χ1) is 19.3. The maximum atomic E-state index is 14.1. The number of methoxy groups -OCH3 is 1. The van der Waals surface area contributed by atoms with Crippen LogP contribution in [0.5, 0.6) is 5.75 Å². The average Bonchev–Trinajstić information content (AvgIpc) is 3.44. The number of carbonyl (C=O) groups is 1. The summed E-state index contributed by atoms with van der Waals surface area (Å²) in [7, 11) is 1.56. The van der Waals surface area contributed by atoms with Gasteiger partial charge in [0.15, 0.2) is 5.82 Å². The Morgan fingerprint density at radius 3 is 2.70 bits per heavy atom. The normalized spacial score (nSPS) is 17.6. The zero-order chi connectivity index (χ0) is 28.2. The van der Waals surface area contributed by atoms with Gasteiger partial charge < -0.3 is 25.4 Å². The minimum atomic E-state index is -0.421. The van der Waals surface area contributed by atoms with Gasteiger partial charge in [-0.05, 0) is 48.7 Å². The Balaban J connectivity index is 1.44. The Hall–Kier alpha value is -3.93.